The fourth-order valence-corrected chi connectivity index (χ4v) is 3.61. The summed E-state index contributed by atoms with van der Waals surface area (Å²) in [5.74, 6) is -0.127. The summed E-state index contributed by atoms with van der Waals surface area (Å²) in [6, 6.07) is 7.77. The van der Waals surface area contributed by atoms with Crippen LogP contribution in [0.4, 0.5) is 0 Å². The molecule has 0 radical (unpaired) electrons. The molecule has 0 bridgehead atoms. The van der Waals surface area contributed by atoms with Crippen LogP contribution in [0.2, 0.25) is 0 Å². The molecule has 2 fully saturated rings. The third-order valence-corrected chi connectivity index (χ3v) is 5.31. The highest BCUT2D eigenvalue weighted by Gasteiger charge is 2.31. The van der Waals surface area contributed by atoms with Crippen molar-refractivity contribution in [2.45, 2.75) is 25.9 Å². The van der Waals surface area contributed by atoms with E-state index in [2.05, 4.69) is 39.5 Å². The van der Waals surface area contributed by atoms with Gasteiger partial charge in [-0.15, -0.1) is 0 Å². The number of piperazine rings is 1. The van der Waals surface area contributed by atoms with Crippen molar-refractivity contribution in [2.75, 3.05) is 52.5 Å². The lowest BCUT2D eigenvalue weighted by Gasteiger charge is -2.35. The topological polar surface area (TPSA) is 73.9 Å². The van der Waals surface area contributed by atoms with Gasteiger partial charge in [0, 0.05) is 45.8 Å². The van der Waals surface area contributed by atoms with Crippen molar-refractivity contribution in [3.8, 4) is 0 Å². The van der Waals surface area contributed by atoms with Crippen LogP contribution < -0.4 is 10.6 Å². The molecular weight excluding hydrogens is 344 g/mol. The number of carbonyl (C=O) groups excluding carboxylic acids is 2. The molecule has 1 aromatic rings. The van der Waals surface area contributed by atoms with E-state index in [-0.39, 0.29) is 18.2 Å². The summed E-state index contributed by atoms with van der Waals surface area (Å²) >= 11 is 0. The van der Waals surface area contributed by atoms with Crippen LogP contribution in [-0.2, 0) is 20.9 Å². The molecule has 1 atom stereocenters. The highest BCUT2D eigenvalue weighted by Crippen LogP contribution is 2.16. The van der Waals surface area contributed by atoms with Crippen LogP contribution in [-0.4, -0.2) is 80.1 Å². The summed E-state index contributed by atoms with van der Waals surface area (Å²) in [6.45, 7) is 8.89. The predicted octanol–water partition coefficient (Wildman–Crippen LogP) is 0.134. The minimum Gasteiger partial charge on any atom is -0.379 e. The standard InChI is InChI=1S/C20H30N4O3/c1-16-4-2-3-5-17(16)15-24-9-7-22-20(26)18(24)14-19(25)21-6-8-23-10-12-27-13-11-23/h2-5,18H,6-15H2,1H3,(H,21,25)(H,22,26). The largest absolute Gasteiger partial charge is 0.379 e. The normalized spacial score (nSPS) is 21.7. The molecule has 3 rings (SSSR count). The van der Waals surface area contributed by atoms with E-state index < -0.39 is 6.04 Å². The van der Waals surface area contributed by atoms with Crippen molar-refractivity contribution < 1.29 is 14.3 Å². The van der Waals surface area contributed by atoms with E-state index in [0.717, 1.165) is 39.4 Å². The Kier molecular flexibility index (Phi) is 7.20. The Balaban J connectivity index is 1.51. The van der Waals surface area contributed by atoms with Gasteiger partial charge in [0.05, 0.1) is 25.7 Å². The average Bonchev–Trinajstić information content (AvgIpc) is 2.67. The molecule has 0 spiro atoms. The summed E-state index contributed by atoms with van der Waals surface area (Å²) in [5.41, 5.74) is 2.40. The van der Waals surface area contributed by atoms with Gasteiger partial charge >= 0.3 is 0 Å². The monoisotopic (exact) mass is 374 g/mol. The maximum atomic E-state index is 12.4. The third-order valence-electron chi connectivity index (χ3n) is 5.31. The zero-order chi connectivity index (χ0) is 19.1. The Hall–Kier alpha value is -1.96. The molecule has 1 unspecified atom stereocenters. The summed E-state index contributed by atoms with van der Waals surface area (Å²) < 4.78 is 5.33. The highest BCUT2D eigenvalue weighted by atomic mass is 16.5. The molecule has 7 heteroatoms. The van der Waals surface area contributed by atoms with Gasteiger partial charge in [0.1, 0.15) is 0 Å². The number of aryl methyl sites for hydroxylation is 1. The molecule has 2 aliphatic rings. The molecule has 1 aromatic carbocycles. The van der Waals surface area contributed by atoms with Gasteiger partial charge in [-0.25, -0.2) is 0 Å². The number of nitrogens with one attached hydrogen (secondary N) is 2. The van der Waals surface area contributed by atoms with Crippen LogP contribution in [0.1, 0.15) is 17.5 Å². The van der Waals surface area contributed by atoms with E-state index in [0.29, 0.717) is 19.6 Å². The van der Waals surface area contributed by atoms with E-state index in [1.165, 1.54) is 11.1 Å². The number of carbonyl (C=O) groups is 2. The molecule has 2 N–H and O–H groups in total. The number of hydrogen-bond donors (Lipinski definition) is 2. The van der Waals surface area contributed by atoms with Crippen LogP contribution >= 0.6 is 0 Å². The van der Waals surface area contributed by atoms with Crippen LogP contribution in [0.15, 0.2) is 24.3 Å². The first-order valence-corrected chi connectivity index (χ1v) is 9.76. The van der Waals surface area contributed by atoms with Crippen LogP contribution in [0.5, 0.6) is 0 Å². The van der Waals surface area contributed by atoms with Gasteiger partial charge in [-0.3, -0.25) is 19.4 Å². The van der Waals surface area contributed by atoms with Crippen molar-refractivity contribution in [3.63, 3.8) is 0 Å². The number of ether oxygens (including phenoxy) is 1. The van der Waals surface area contributed by atoms with Crippen molar-refractivity contribution in [2.24, 2.45) is 0 Å². The van der Waals surface area contributed by atoms with Gasteiger partial charge in [0.15, 0.2) is 0 Å². The lowest BCUT2D eigenvalue weighted by atomic mass is 10.0. The van der Waals surface area contributed by atoms with E-state index in [9.17, 15) is 9.59 Å². The molecule has 2 saturated heterocycles. The van der Waals surface area contributed by atoms with Crippen molar-refractivity contribution in [1.82, 2.24) is 20.4 Å². The van der Waals surface area contributed by atoms with Gasteiger partial charge in [-0.2, -0.15) is 0 Å². The number of nitrogens with zero attached hydrogens (tertiary/aromatic N) is 2. The fourth-order valence-electron chi connectivity index (χ4n) is 3.61. The second kappa shape index (κ2) is 9.82. The number of morpholine rings is 1. The molecule has 2 amide bonds. The molecule has 2 heterocycles. The number of rotatable bonds is 7. The Morgan fingerprint density at radius 2 is 2.04 bits per heavy atom. The second-order valence-electron chi connectivity index (χ2n) is 7.21. The number of hydrogen-bond acceptors (Lipinski definition) is 5. The molecule has 0 aromatic heterocycles. The van der Waals surface area contributed by atoms with Crippen molar-refractivity contribution in [1.29, 1.82) is 0 Å². The summed E-state index contributed by atoms with van der Waals surface area (Å²) in [7, 11) is 0. The zero-order valence-electron chi connectivity index (χ0n) is 16.1. The predicted molar refractivity (Wildman–Crippen MR) is 103 cm³/mol. The second-order valence-corrected chi connectivity index (χ2v) is 7.21. The van der Waals surface area contributed by atoms with Crippen LogP contribution in [0.3, 0.4) is 0 Å². The van der Waals surface area contributed by atoms with Gasteiger partial charge in [0.2, 0.25) is 11.8 Å². The number of amides is 2. The molecular formula is C20H30N4O3. The van der Waals surface area contributed by atoms with Gasteiger partial charge < -0.3 is 15.4 Å². The number of benzene rings is 1. The van der Waals surface area contributed by atoms with Gasteiger partial charge in [-0.1, -0.05) is 24.3 Å². The average molecular weight is 374 g/mol. The molecule has 0 saturated carbocycles. The quantitative estimate of drug-likeness (QED) is 0.710. The zero-order valence-corrected chi connectivity index (χ0v) is 16.1. The lowest BCUT2D eigenvalue weighted by Crippen LogP contribution is -2.56. The van der Waals surface area contributed by atoms with Crippen molar-refractivity contribution in [3.05, 3.63) is 35.4 Å². The van der Waals surface area contributed by atoms with Crippen molar-refractivity contribution >= 4 is 11.8 Å². The smallest absolute Gasteiger partial charge is 0.237 e. The van der Waals surface area contributed by atoms with Crippen LogP contribution in [0, 0.1) is 6.92 Å². The lowest BCUT2D eigenvalue weighted by molar-refractivity contribution is -0.134. The van der Waals surface area contributed by atoms with E-state index in [1.54, 1.807) is 0 Å². The minimum absolute atomic E-state index is 0.0573. The van der Waals surface area contributed by atoms with E-state index >= 15 is 0 Å². The first-order chi connectivity index (χ1) is 13.1. The fraction of sp³-hybridized carbons (Fsp3) is 0.600. The summed E-state index contributed by atoms with van der Waals surface area (Å²) in [6.07, 6.45) is 0.195. The molecule has 7 nitrogen and oxygen atoms in total. The SMILES string of the molecule is Cc1ccccc1CN1CCNC(=O)C1CC(=O)NCCN1CCOCC1. The summed E-state index contributed by atoms with van der Waals surface area (Å²) in [4.78, 5) is 29.2. The van der Waals surface area contributed by atoms with E-state index in [4.69, 9.17) is 4.74 Å². The van der Waals surface area contributed by atoms with E-state index in [1.807, 2.05) is 12.1 Å². The molecule has 27 heavy (non-hydrogen) atoms. The first kappa shape index (κ1) is 19.8. The molecule has 2 aliphatic heterocycles. The molecule has 148 valence electrons. The minimum atomic E-state index is -0.415. The first-order valence-electron chi connectivity index (χ1n) is 9.76. The Morgan fingerprint density at radius 3 is 2.81 bits per heavy atom. The van der Waals surface area contributed by atoms with Crippen LogP contribution in [0.25, 0.3) is 0 Å². The molecule has 0 aliphatic carbocycles. The van der Waals surface area contributed by atoms with Gasteiger partial charge in [-0.05, 0) is 18.1 Å². The van der Waals surface area contributed by atoms with Gasteiger partial charge in [0.25, 0.3) is 0 Å². The summed E-state index contributed by atoms with van der Waals surface area (Å²) in [5, 5.41) is 5.86. The Bertz CT molecular complexity index is 646. The Labute approximate surface area is 161 Å². The maximum Gasteiger partial charge on any atom is 0.237 e. The highest BCUT2D eigenvalue weighted by molar-refractivity contribution is 5.88. The third kappa shape index (κ3) is 5.76. The maximum absolute atomic E-state index is 12.4. The Morgan fingerprint density at radius 1 is 1.26 bits per heavy atom.